The van der Waals surface area contributed by atoms with E-state index in [9.17, 15) is 4.79 Å². The van der Waals surface area contributed by atoms with Gasteiger partial charge in [-0.05, 0) is 5.56 Å². The van der Waals surface area contributed by atoms with Gasteiger partial charge in [-0.3, -0.25) is 0 Å². The summed E-state index contributed by atoms with van der Waals surface area (Å²) in [6, 6.07) is 9.55. The van der Waals surface area contributed by atoms with Crippen molar-refractivity contribution < 1.29 is 28.4 Å². The summed E-state index contributed by atoms with van der Waals surface area (Å²) in [5.74, 6) is 0. The summed E-state index contributed by atoms with van der Waals surface area (Å²) in [7, 11) is 0. The third-order valence-corrected chi connectivity index (χ3v) is 1.18. The largest absolute Gasteiger partial charge is 1.00 e. The molecular weight excluding hydrogens is 147 g/mol. The van der Waals surface area contributed by atoms with Crippen molar-refractivity contribution >= 4 is 12.5 Å². The van der Waals surface area contributed by atoms with Gasteiger partial charge in [0.2, 0.25) is 0 Å². The molecule has 0 saturated carbocycles. The second-order valence-electron chi connectivity index (χ2n) is 1.91. The molecule has 12 heavy (non-hydrogen) atoms. The van der Waals surface area contributed by atoms with Crippen LogP contribution in [0.2, 0.25) is 0 Å². The molecule has 0 spiro atoms. The molecule has 0 unspecified atom stereocenters. The summed E-state index contributed by atoms with van der Waals surface area (Å²) in [5, 5.41) is 0. The van der Waals surface area contributed by atoms with Gasteiger partial charge >= 0.3 is 18.9 Å². The van der Waals surface area contributed by atoms with E-state index in [-0.39, 0.29) is 18.9 Å². The van der Waals surface area contributed by atoms with E-state index in [2.05, 4.69) is 4.74 Å². The zero-order valence-electron chi connectivity index (χ0n) is 6.86. The van der Waals surface area contributed by atoms with Crippen LogP contribution in [0, 0.1) is 0 Å². The molecule has 0 aliphatic carbocycles. The summed E-state index contributed by atoms with van der Waals surface area (Å²) >= 11 is 0. The Balaban J connectivity index is 0.00000121. The van der Waals surface area contributed by atoms with E-state index in [1.54, 1.807) is 6.08 Å². The SMILES string of the molecule is O=[C-]OC=Cc1ccccc1.[Li+]. The molecule has 0 aliphatic rings. The minimum absolute atomic E-state index is 0. The van der Waals surface area contributed by atoms with Gasteiger partial charge in [0.1, 0.15) is 0 Å². The van der Waals surface area contributed by atoms with Crippen molar-refractivity contribution in [2.24, 2.45) is 0 Å². The van der Waals surface area contributed by atoms with E-state index in [0.717, 1.165) is 5.56 Å². The quantitative estimate of drug-likeness (QED) is 0.309. The number of hydrogen-bond donors (Lipinski definition) is 0. The van der Waals surface area contributed by atoms with Gasteiger partial charge < -0.3 is 9.53 Å². The molecule has 0 aliphatic heterocycles. The Labute approximate surface area is 83.4 Å². The molecule has 0 aromatic heterocycles. The molecular formula is C9H7LiO2. The predicted molar refractivity (Wildman–Crippen MR) is 42.3 cm³/mol. The van der Waals surface area contributed by atoms with Gasteiger partial charge in [-0.1, -0.05) is 36.6 Å². The molecule has 0 bridgehead atoms. The smallest absolute Gasteiger partial charge is 0.616 e. The summed E-state index contributed by atoms with van der Waals surface area (Å²) in [6.07, 6.45) is 2.98. The average molecular weight is 154 g/mol. The molecule has 0 fully saturated rings. The van der Waals surface area contributed by atoms with Gasteiger partial charge in [0, 0.05) is 0 Å². The maximum atomic E-state index is 9.60. The van der Waals surface area contributed by atoms with Crippen LogP contribution in [-0.2, 0) is 9.53 Å². The molecule has 2 nitrogen and oxygen atoms in total. The van der Waals surface area contributed by atoms with Crippen LogP contribution in [0.1, 0.15) is 5.56 Å². The van der Waals surface area contributed by atoms with Crippen molar-refractivity contribution in [3.63, 3.8) is 0 Å². The van der Waals surface area contributed by atoms with Gasteiger partial charge in [-0.25, -0.2) is 0 Å². The summed E-state index contributed by atoms with van der Waals surface area (Å²) in [6.45, 7) is 1.30. The molecule has 0 N–H and O–H groups in total. The van der Waals surface area contributed by atoms with Crippen LogP contribution in [0.5, 0.6) is 0 Å². The first-order valence-corrected chi connectivity index (χ1v) is 3.18. The van der Waals surface area contributed by atoms with Crippen molar-refractivity contribution in [1.29, 1.82) is 0 Å². The van der Waals surface area contributed by atoms with Crippen LogP contribution in [0.25, 0.3) is 6.08 Å². The Morgan fingerprint density at radius 2 is 1.92 bits per heavy atom. The van der Waals surface area contributed by atoms with Gasteiger partial charge in [0.15, 0.2) is 6.47 Å². The number of rotatable bonds is 3. The Bertz CT molecular complexity index is 244. The maximum absolute atomic E-state index is 9.60. The van der Waals surface area contributed by atoms with Crippen LogP contribution >= 0.6 is 0 Å². The molecule has 3 heteroatoms. The maximum Gasteiger partial charge on any atom is 1.00 e. The van der Waals surface area contributed by atoms with Crippen LogP contribution in [0.15, 0.2) is 36.6 Å². The van der Waals surface area contributed by atoms with Crippen molar-refractivity contribution in [2.45, 2.75) is 0 Å². The summed E-state index contributed by atoms with van der Waals surface area (Å²) < 4.78 is 4.25. The van der Waals surface area contributed by atoms with Gasteiger partial charge in [0.25, 0.3) is 0 Å². The molecule has 0 saturated heterocycles. The predicted octanol–water partition coefficient (Wildman–Crippen LogP) is -1.25. The second-order valence-corrected chi connectivity index (χ2v) is 1.91. The third kappa shape index (κ3) is 4.02. The first kappa shape index (κ1) is 11.0. The molecule has 1 aromatic rings. The molecule has 0 radical (unpaired) electrons. The fourth-order valence-corrected chi connectivity index (χ4v) is 0.705. The van der Waals surface area contributed by atoms with Crippen LogP contribution in [0.3, 0.4) is 0 Å². The topological polar surface area (TPSA) is 26.3 Å². The number of benzene rings is 1. The van der Waals surface area contributed by atoms with Crippen molar-refractivity contribution in [1.82, 2.24) is 0 Å². The van der Waals surface area contributed by atoms with E-state index in [1.165, 1.54) is 12.7 Å². The monoisotopic (exact) mass is 154 g/mol. The van der Waals surface area contributed by atoms with Crippen LogP contribution in [-0.4, -0.2) is 6.47 Å². The Hall–Kier alpha value is -0.973. The van der Waals surface area contributed by atoms with E-state index >= 15 is 0 Å². The number of carbonyl (C=O) groups excluding carboxylic acids is 1. The molecule has 1 rings (SSSR count). The Kier molecular flexibility index (Phi) is 6.18. The van der Waals surface area contributed by atoms with Crippen LogP contribution < -0.4 is 18.9 Å². The molecule has 0 atom stereocenters. The van der Waals surface area contributed by atoms with Crippen molar-refractivity contribution in [3.05, 3.63) is 42.2 Å². The molecule has 1 aromatic carbocycles. The average Bonchev–Trinajstić information content (AvgIpc) is 2.07. The Morgan fingerprint density at radius 3 is 2.50 bits per heavy atom. The van der Waals surface area contributed by atoms with Crippen molar-refractivity contribution in [2.75, 3.05) is 0 Å². The minimum atomic E-state index is 0. The fraction of sp³-hybridized carbons (Fsp3) is 0. The van der Waals surface area contributed by atoms with E-state index < -0.39 is 0 Å². The van der Waals surface area contributed by atoms with Crippen LogP contribution in [0.4, 0.5) is 0 Å². The fourth-order valence-electron chi connectivity index (χ4n) is 0.705. The molecule has 0 heterocycles. The summed E-state index contributed by atoms with van der Waals surface area (Å²) in [4.78, 5) is 9.60. The molecule has 0 amide bonds. The third-order valence-electron chi connectivity index (χ3n) is 1.18. The van der Waals surface area contributed by atoms with E-state index in [4.69, 9.17) is 0 Å². The zero-order chi connectivity index (χ0) is 7.94. The standard InChI is InChI=1S/C9H7O2.Li/c10-8-11-7-6-9-4-2-1-3-5-9;/h1-7H;/q-1;+1. The minimum Gasteiger partial charge on any atom is -0.616 e. The van der Waals surface area contributed by atoms with E-state index in [0.29, 0.717) is 0 Å². The molecule has 56 valence electrons. The second kappa shape index (κ2) is 6.72. The zero-order valence-corrected chi connectivity index (χ0v) is 6.86. The van der Waals surface area contributed by atoms with Gasteiger partial charge in [-0.2, -0.15) is 0 Å². The number of hydrogen-bond acceptors (Lipinski definition) is 2. The first-order chi connectivity index (χ1) is 5.43. The van der Waals surface area contributed by atoms with Gasteiger partial charge in [-0.15, -0.1) is 6.08 Å². The number of ether oxygens (including phenoxy) is 1. The normalized spacial score (nSPS) is 9.00. The van der Waals surface area contributed by atoms with Gasteiger partial charge in [0.05, 0.1) is 0 Å². The Morgan fingerprint density at radius 1 is 1.25 bits per heavy atom. The summed E-state index contributed by atoms with van der Waals surface area (Å²) in [5.41, 5.74) is 0.989. The van der Waals surface area contributed by atoms with Crippen molar-refractivity contribution in [3.8, 4) is 0 Å². The van der Waals surface area contributed by atoms with E-state index in [1.807, 2.05) is 30.3 Å². The first-order valence-electron chi connectivity index (χ1n) is 3.18.